The number of H-pyrrole nitrogens is 1. The van der Waals surface area contributed by atoms with Gasteiger partial charge in [-0.2, -0.15) is 0 Å². The number of tetrazole rings is 1. The van der Waals surface area contributed by atoms with E-state index >= 15 is 0 Å². The van der Waals surface area contributed by atoms with Crippen LogP contribution in [0.4, 0.5) is 0 Å². The number of quaternary nitrogens is 1. The maximum Gasteiger partial charge on any atom is 0.257 e. The van der Waals surface area contributed by atoms with Gasteiger partial charge in [0.1, 0.15) is 19.6 Å². The molecule has 1 saturated carbocycles. The predicted molar refractivity (Wildman–Crippen MR) is 123 cm³/mol. The van der Waals surface area contributed by atoms with Crippen molar-refractivity contribution >= 4 is 10.9 Å². The van der Waals surface area contributed by atoms with Crippen LogP contribution < -0.4 is 10.5 Å². The Morgan fingerprint density at radius 2 is 1.84 bits per heavy atom. The Kier molecular flexibility index (Phi) is 5.81. The molecule has 0 radical (unpaired) electrons. The number of nitrogens with zero attached hydrogens (tertiary/aromatic N) is 4. The van der Waals surface area contributed by atoms with Gasteiger partial charge in [-0.25, -0.2) is 4.68 Å². The Morgan fingerprint density at radius 3 is 2.66 bits per heavy atom. The number of rotatable bonds is 7. The minimum Gasteiger partial charge on any atom is -0.322 e. The molecular weight excluding hydrogens is 400 g/mol. The van der Waals surface area contributed by atoms with Crippen LogP contribution in [0.3, 0.4) is 0 Å². The third kappa shape index (κ3) is 4.48. The van der Waals surface area contributed by atoms with E-state index in [2.05, 4.69) is 56.9 Å². The molecule has 1 atom stereocenters. The predicted octanol–water partition coefficient (Wildman–Crippen LogP) is 2.72. The minimum absolute atomic E-state index is 0.0240. The molecule has 2 heterocycles. The van der Waals surface area contributed by atoms with E-state index in [-0.39, 0.29) is 5.56 Å². The van der Waals surface area contributed by atoms with Crippen LogP contribution in [0.5, 0.6) is 0 Å². The normalized spacial score (nSPS) is 15.4. The Bertz CT molecular complexity index is 1260. The van der Waals surface area contributed by atoms with E-state index in [0.29, 0.717) is 19.1 Å². The van der Waals surface area contributed by atoms with Crippen molar-refractivity contribution in [2.75, 3.05) is 0 Å². The van der Waals surface area contributed by atoms with Crippen LogP contribution in [0.2, 0.25) is 0 Å². The lowest BCUT2D eigenvalue weighted by atomic mass is 10.1. The lowest BCUT2D eigenvalue weighted by molar-refractivity contribution is -0.942. The number of fused-ring (bicyclic) bond motifs is 1. The van der Waals surface area contributed by atoms with Crippen LogP contribution in [0.25, 0.3) is 10.9 Å². The van der Waals surface area contributed by atoms with Gasteiger partial charge in [0.2, 0.25) is 5.82 Å². The maximum absolute atomic E-state index is 12.9. The molecule has 7 heteroatoms. The Hall–Kier alpha value is -3.32. The Labute approximate surface area is 187 Å². The molecule has 0 bridgehead atoms. The van der Waals surface area contributed by atoms with Gasteiger partial charge >= 0.3 is 0 Å². The van der Waals surface area contributed by atoms with Gasteiger partial charge in [0, 0.05) is 11.1 Å². The van der Waals surface area contributed by atoms with Crippen molar-refractivity contribution in [3.8, 4) is 0 Å². The second-order valence-electron chi connectivity index (χ2n) is 8.96. The summed E-state index contributed by atoms with van der Waals surface area (Å²) < 4.78 is 2.02. The summed E-state index contributed by atoms with van der Waals surface area (Å²) in [5.74, 6) is 0.899. The van der Waals surface area contributed by atoms with Crippen molar-refractivity contribution in [2.45, 2.75) is 58.3 Å². The number of aromatic amines is 1. The third-order valence-corrected chi connectivity index (χ3v) is 6.46. The average molecular weight is 430 g/mol. The number of nitrogens with one attached hydrogen (secondary N) is 2. The first kappa shape index (κ1) is 20.6. The van der Waals surface area contributed by atoms with Gasteiger partial charge in [-0.1, -0.05) is 55.3 Å². The molecule has 5 rings (SSSR count). The first-order chi connectivity index (χ1) is 15.7. The summed E-state index contributed by atoms with van der Waals surface area (Å²) in [6.45, 7) is 4.10. The summed E-state index contributed by atoms with van der Waals surface area (Å²) in [5, 5.41) is 13.7. The molecule has 164 valence electrons. The number of hydrogen-bond donors (Lipinski definition) is 2. The fourth-order valence-corrected chi connectivity index (χ4v) is 4.82. The van der Waals surface area contributed by atoms with Crippen molar-refractivity contribution in [1.82, 2.24) is 25.2 Å². The fraction of sp³-hybridized carbons (Fsp3) is 0.360. The highest BCUT2D eigenvalue weighted by atomic mass is 16.1. The minimum atomic E-state index is -0.0240. The monoisotopic (exact) mass is 429 g/mol. The molecular formula is C25H29N6O+. The summed E-state index contributed by atoms with van der Waals surface area (Å²) in [5.41, 5.74) is 4.01. The lowest BCUT2D eigenvalue weighted by Gasteiger charge is -2.20. The van der Waals surface area contributed by atoms with Gasteiger partial charge < -0.3 is 9.88 Å². The van der Waals surface area contributed by atoms with E-state index in [1.165, 1.54) is 23.3 Å². The van der Waals surface area contributed by atoms with Crippen LogP contribution in [-0.2, 0) is 19.6 Å². The average Bonchev–Trinajstić information content (AvgIpc) is 3.47. The van der Waals surface area contributed by atoms with Gasteiger partial charge in [0.25, 0.3) is 5.56 Å². The lowest BCUT2D eigenvalue weighted by Crippen LogP contribution is -3.08. The molecule has 32 heavy (non-hydrogen) atoms. The molecule has 0 amide bonds. The van der Waals surface area contributed by atoms with E-state index in [0.717, 1.165) is 47.2 Å². The first-order valence-corrected chi connectivity index (χ1v) is 11.4. The van der Waals surface area contributed by atoms with Crippen molar-refractivity contribution < 1.29 is 4.90 Å². The van der Waals surface area contributed by atoms with Crippen LogP contribution in [0.1, 0.15) is 54.2 Å². The molecule has 4 aromatic rings. The molecule has 1 aliphatic carbocycles. The zero-order chi connectivity index (χ0) is 21.9. The van der Waals surface area contributed by atoms with E-state index in [1.807, 2.05) is 29.8 Å². The standard InChI is InChI=1S/C25H28N6O/c1-18-11-12-20-14-21(25(32)26-23(20)13-18)16-30(15-19-7-3-2-4-8-19)17-24-27-28-29-31(24)22-9-5-6-10-22/h2-4,7-8,11-14,22H,5-6,9-10,15-17H2,1H3,(H,26,32)/p+1. The number of pyridine rings is 1. The quantitative estimate of drug-likeness (QED) is 0.473. The van der Waals surface area contributed by atoms with E-state index in [4.69, 9.17) is 0 Å². The summed E-state index contributed by atoms with van der Waals surface area (Å²) in [4.78, 5) is 17.2. The summed E-state index contributed by atoms with van der Waals surface area (Å²) in [6, 6.07) is 19.0. The second kappa shape index (κ2) is 9.04. The highest BCUT2D eigenvalue weighted by molar-refractivity contribution is 5.79. The first-order valence-electron chi connectivity index (χ1n) is 11.4. The van der Waals surface area contributed by atoms with Crippen LogP contribution in [0, 0.1) is 6.92 Å². The van der Waals surface area contributed by atoms with Gasteiger partial charge in [-0.15, -0.1) is 5.10 Å². The van der Waals surface area contributed by atoms with Crippen molar-refractivity contribution in [2.24, 2.45) is 0 Å². The molecule has 2 aromatic heterocycles. The Balaban J connectivity index is 1.45. The van der Waals surface area contributed by atoms with E-state index in [1.54, 1.807) is 0 Å². The SMILES string of the molecule is Cc1ccc2cc(C[NH+](Cc3ccccc3)Cc3nnnn3C3CCCC3)c(=O)[nH]c2c1. The molecule has 0 spiro atoms. The fourth-order valence-electron chi connectivity index (χ4n) is 4.82. The zero-order valence-corrected chi connectivity index (χ0v) is 18.4. The van der Waals surface area contributed by atoms with Crippen molar-refractivity contribution in [3.63, 3.8) is 0 Å². The van der Waals surface area contributed by atoms with Gasteiger partial charge in [-0.3, -0.25) is 4.79 Å². The van der Waals surface area contributed by atoms with Crippen molar-refractivity contribution in [3.05, 3.63) is 87.5 Å². The van der Waals surface area contributed by atoms with E-state index in [9.17, 15) is 4.79 Å². The smallest absolute Gasteiger partial charge is 0.257 e. The topological polar surface area (TPSA) is 80.9 Å². The molecule has 2 aromatic carbocycles. The van der Waals surface area contributed by atoms with Crippen molar-refractivity contribution in [1.29, 1.82) is 0 Å². The number of aromatic nitrogens is 5. The van der Waals surface area contributed by atoms with Crippen LogP contribution in [-0.4, -0.2) is 25.2 Å². The molecule has 1 aliphatic rings. The van der Waals surface area contributed by atoms with Crippen LogP contribution >= 0.6 is 0 Å². The number of benzene rings is 2. The molecule has 0 aliphatic heterocycles. The summed E-state index contributed by atoms with van der Waals surface area (Å²) >= 11 is 0. The molecule has 0 saturated heterocycles. The maximum atomic E-state index is 12.9. The third-order valence-electron chi connectivity index (χ3n) is 6.46. The number of hydrogen-bond acceptors (Lipinski definition) is 4. The van der Waals surface area contributed by atoms with Crippen LogP contribution in [0.15, 0.2) is 59.4 Å². The second-order valence-corrected chi connectivity index (χ2v) is 8.96. The summed E-state index contributed by atoms with van der Waals surface area (Å²) in [7, 11) is 0. The summed E-state index contributed by atoms with van der Waals surface area (Å²) in [6.07, 6.45) is 4.73. The highest BCUT2D eigenvalue weighted by Crippen LogP contribution is 2.28. The molecule has 7 nitrogen and oxygen atoms in total. The van der Waals surface area contributed by atoms with Gasteiger partial charge in [-0.05, 0) is 53.3 Å². The zero-order valence-electron chi connectivity index (χ0n) is 18.4. The van der Waals surface area contributed by atoms with Gasteiger partial charge in [0.15, 0.2) is 0 Å². The number of aryl methyl sites for hydroxylation is 1. The molecule has 1 unspecified atom stereocenters. The van der Waals surface area contributed by atoms with Gasteiger partial charge in [0.05, 0.1) is 11.6 Å². The molecule has 1 fully saturated rings. The largest absolute Gasteiger partial charge is 0.322 e. The highest BCUT2D eigenvalue weighted by Gasteiger charge is 2.24. The molecule has 2 N–H and O–H groups in total. The Morgan fingerprint density at radius 1 is 1.03 bits per heavy atom. The van der Waals surface area contributed by atoms with E-state index < -0.39 is 0 Å².